The van der Waals surface area contributed by atoms with Crippen molar-refractivity contribution >= 4 is 34.8 Å². The summed E-state index contributed by atoms with van der Waals surface area (Å²) in [6.45, 7) is 4.32. The highest BCUT2D eigenvalue weighted by Crippen LogP contribution is 2.38. The van der Waals surface area contributed by atoms with Crippen molar-refractivity contribution in [3.63, 3.8) is 0 Å². The molecule has 0 saturated carbocycles. The second kappa shape index (κ2) is 8.00. The van der Waals surface area contributed by atoms with Gasteiger partial charge in [-0.15, -0.1) is 0 Å². The molecule has 27 heavy (non-hydrogen) atoms. The zero-order valence-electron chi connectivity index (χ0n) is 14.9. The maximum Gasteiger partial charge on any atom is 0.418 e. The number of nitrogens with one attached hydrogen (secondary N) is 1. The van der Waals surface area contributed by atoms with Crippen LogP contribution >= 0.6 is 11.6 Å². The summed E-state index contributed by atoms with van der Waals surface area (Å²) < 4.78 is 40.0. The molecule has 0 atom stereocenters. The van der Waals surface area contributed by atoms with Crippen LogP contribution in [0.1, 0.15) is 23.6 Å². The molecule has 0 unspecified atom stereocenters. The third-order valence-electron chi connectivity index (χ3n) is 4.03. The van der Waals surface area contributed by atoms with Crippen molar-refractivity contribution in [2.24, 2.45) is 0 Å². The Balaban J connectivity index is 2.29. The summed E-state index contributed by atoms with van der Waals surface area (Å²) in [4.78, 5) is 25.0. The number of hydrogen-bond acceptors (Lipinski definition) is 2. The highest BCUT2D eigenvalue weighted by Gasteiger charge is 2.36. The number of carbonyl (C=O) groups is 2. The number of hydrogen-bond donors (Lipinski definition) is 1. The number of rotatable bonds is 4. The molecule has 0 heterocycles. The van der Waals surface area contributed by atoms with E-state index in [4.69, 9.17) is 11.6 Å². The van der Waals surface area contributed by atoms with Gasteiger partial charge in [-0.3, -0.25) is 9.59 Å². The van der Waals surface area contributed by atoms with Gasteiger partial charge in [-0.1, -0.05) is 17.7 Å². The fourth-order valence-corrected chi connectivity index (χ4v) is 2.67. The Hall–Kier alpha value is -2.54. The monoisotopic (exact) mass is 398 g/mol. The van der Waals surface area contributed by atoms with Gasteiger partial charge in [0.1, 0.15) is 6.54 Å². The lowest BCUT2D eigenvalue weighted by atomic mass is 10.1. The molecular formula is C19H18ClF3N2O2. The van der Waals surface area contributed by atoms with E-state index < -0.39 is 35.8 Å². The van der Waals surface area contributed by atoms with Crippen LogP contribution in [0.4, 0.5) is 24.5 Å². The van der Waals surface area contributed by atoms with Crippen molar-refractivity contribution < 1.29 is 22.8 Å². The van der Waals surface area contributed by atoms with E-state index in [1.807, 2.05) is 19.9 Å². The molecule has 8 heteroatoms. The van der Waals surface area contributed by atoms with E-state index in [2.05, 4.69) is 5.32 Å². The maximum absolute atomic E-state index is 13.3. The van der Waals surface area contributed by atoms with Gasteiger partial charge in [0, 0.05) is 17.6 Å². The Kier molecular flexibility index (Phi) is 6.15. The lowest BCUT2D eigenvalue weighted by Crippen LogP contribution is -2.37. The summed E-state index contributed by atoms with van der Waals surface area (Å²) in [6, 6.07) is 8.29. The van der Waals surface area contributed by atoms with Crippen LogP contribution in [0.25, 0.3) is 0 Å². The van der Waals surface area contributed by atoms with Crippen LogP contribution in [-0.2, 0) is 15.8 Å². The predicted molar refractivity (Wildman–Crippen MR) is 99.0 cm³/mol. The molecule has 0 aliphatic heterocycles. The van der Waals surface area contributed by atoms with E-state index in [1.54, 1.807) is 12.1 Å². The molecule has 0 spiro atoms. The molecule has 0 aliphatic carbocycles. The van der Waals surface area contributed by atoms with E-state index in [0.29, 0.717) is 5.69 Å². The minimum Gasteiger partial charge on any atom is -0.325 e. The van der Waals surface area contributed by atoms with Crippen LogP contribution in [0, 0.1) is 13.8 Å². The number of halogens is 4. The average Bonchev–Trinajstić information content (AvgIpc) is 2.55. The number of aryl methyl sites for hydroxylation is 2. The lowest BCUT2D eigenvalue weighted by Gasteiger charge is -2.24. The molecule has 0 aromatic heterocycles. The number of amides is 2. The fraction of sp³-hybridized carbons (Fsp3) is 0.263. The van der Waals surface area contributed by atoms with Gasteiger partial charge >= 0.3 is 6.18 Å². The Morgan fingerprint density at radius 1 is 1.07 bits per heavy atom. The Bertz CT molecular complexity index is 882. The Labute approximate surface area is 159 Å². The summed E-state index contributed by atoms with van der Waals surface area (Å²) in [5.41, 5.74) is 0.986. The predicted octanol–water partition coefficient (Wildman–Crippen LogP) is 4.97. The number of benzene rings is 2. The molecule has 2 aromatic rings. The van der Waals surface area contributed by atoms with Gasteiger partial charge in [-0.05, 0) is 55.3 Å². The molecule has 4 nitrogen and oxygen atoms in total. The molecular weight excluding hydrogens is 381 g/mol. The van der Waals surface area contributed by atoms with E-state index in [1.165, 1.54) is 6.07 Å². The highest BCUT2D eigenvalue weighted by molar-refractivity contribution is 6.30. The van der Waals surface area contributed by atoms with Gasteiger partial charge in [0.15, 0.2) is 0 Å². The first-order chi connectivity index (χ1) is 12.5. The standard InChI is InChI=1S/C19H18ClF3N2O2/c1-11-4-6-15(8-12(11)2)24-18(27)10-25(13(3)26)17-7-5-14(20)9-16(17)19(21,22)23/h4-9H,10H2,1-3H3,(H,24,27). The van der Waals surface area contributed by atoms with Gasteiger partial charge < -0.3 is 10.2 Å². The Morgan fingerprint density at radius 2 is 1.74 bits per heavy atom. The minimum absolute atomic E-state index is 0.117. The fourth-order valence-electron chi connectivity index (χ4n) is 2.50. The van der Waals surface area contributed by atoms with Crippen LogP contribution in [0.15, 0.2) is 36.4 Å². The van der Waals surface area contributed by atoms with Crippen LogP contribution < -0.4 is 10.2 Å². The zero-order chi connectivity index (χ0) is 20.4. The summed E-state index contributed by atoms with van der Waals surface area (Å²) in [6.07, 6.45) is -4.72. The molecule has 0 radical (unpaired) electrons. The van der Waals surface area contributed by atoms with Crippen molar-refractivity contribution in [2.75, 3.05) is 16.8 Å². The molecule has 2 amide bonds. The van der Waals surface area contributed by atoms with Crippen molar-refractivity contribution in [3.8, 4) is 0 Å². The molecule has 144 valence electrons. The summed E-state index contributed by atoms with van der Waals surface area (Å²) in [5, 5.41) is 2.48. The SMILES string of the molecule is CC(=O)N(CC(=O)Nc1ccc(C)c(C)c1)c1ccc(Cl)cc1C(F)(F)F. The minimum atomic E-state index is -4.72. The lowest BCUT2D eigenvalue weighted by molar-refractivity contribution is -0.137. The summed E-state index contributed by atoms with van der Waals surface area (Å²) in [5.74, 6) is -1.31. The first-order valence-electron chi connectivity index (χ1n) is 8.01. The van der Waals surface area contributed by atoms with Crippen molar-refractivity contribution in [1.29, 1.82) is 0 Å². The first kappa shape index (κ1) is 20.8. The summed E-state index contributed by atoms with van der Waals surface area (Å²) >= 11 is 5.67. The van der Waals surface area contributed by atoms with E-state index in [0.717, 1.165) is 35.1 Å². The second-order valence-electron chi connectivity index (χ2n) is 6.11. The number of carbonyl (C=O) groups excluding carboxylic acids is 2. The third kappa shape index (κ3) is 5.23. The molecule has 0 aliphatic rings. The van der Waals surface area contributed by atoms with E-state index >= 15 is 0 Å². The van der Waals surface area contributed by atoms with Crippen LogP contribution in [0.3, 0.4) is 0 Å². The molecule has 0 saturated heterocycles. The number of nitrogens with zero attached hydrogens (tertiary/aromatic N) is 1. The van der Waals surface area contributed by atoms with Gasteiger partial charge in [0.05, 0.1) is 11.3 Å². The van der Waals surface area contributed by atoms with Crippen LogP contribution in [0.2, 0.25) is 5.02 Å². The van der Waals surface area contributed by atoms with Crippen molar-refractivity contribution in [3.05, 3.63) is 58.1 Å². The van der Waals surface area contributed by atoms with Gasteiger partial charge in [0.2, 0.25) is 11.8 Å². The smallest absolute Gasteiger partial charge is 0.325 e. The maximum atomic E-state index is 13.3. The van der Waals surface area contributed by atoms with Crippen LogP contribution in [-0.4, -0.2) is 18.4 Å². The first-order valence-corrected chi connectivity index (χ1v) is 8.39. The van der Waals surface area contributed by atoms with Crippen molar-refractivity contribution in [2.45, 2.75) is 26.9 Å². The molecule has 1 N–H and O–H groups in total. The number of anilines is 2. The quantitative estimate of drug-likeness (QED) is 0.790. The van der Waals surface area contributed by atoms with E-state index in [-0.39, 0.29) is 5.02 Å². The second-order valence-corrected chi connectivity index (χ2v) is 6.55. The van der Waals surface area contributed by atoms with Gasteiger partial charge in [0.25, 0.3) is 0 Å². The normalized spacial score (nSPS) is 11.2. The largest absolute Gasteiger partial charge is 0.418 e. The third-order valence-corrected chi connectivity index (χ3v) is 4.26. The molecule has 0 fully saturated rings. The van der Waals surface area contributed by atoms with Gasteiger partial charge in [-0.2, -0.15) is 13.2 Å². The Morgan fingerprint density at radius 3 is 2.30 bits per heavy atom. The van der Waals surface area contributed by atoms with Crippen molar-refractivity contribution in [1.82, 2.24) is 0 Å². The highest BCUT2D eigenvalue weighted by atomic mass is 35.5. The summed E-state index contributed by atoms with van der Waals surface area (Å²) in [7, 11) is 0. The average molecular weight is 399 g/mol. The van der Waals surface area contributed by atoms with Crippen LogP contribution in [0.5, 0.6) is 0 Å². The molecule has 0 bridgehead atoms. The van der Waals surface area contributed by atoms with E-state index in [9.17, 15) is 22.8 Å². The zero-order valence-corrected chi connectivity index (χ0v) is 15.7. The number of alkyl halides is 3. The molecule has 2 rings (SSSR count). The molecule has 2 aromatic carbocycles. The van der Waals surface area contributed by atoms with Gasteiger partial charge in [-0.25, -0.2) is 0 Å². The topological polar surface area (TPSA) is 49.4 Å².